The van der Waals surface area contributed by atoms with E-state index in [4.69, 9.17) is 10.8 Å². The number of nitrogen functional groups attached to an aromatic ring is 1. The van der Waals surface area contributed by atoms with Gasteiger partial charge in [-0.15, -0.1) is 0 Å². The predicted molar refractivity (Wildman–Crippen MR) is 71.0 cm³/mol. The summed E-state index contributed by atoms with van der Waals surface area (Å²) in [4.78, 5) is 2.21. The summed E-state index contributed by atoms with van der Waals surface area (Å²) in [5.74, 6) is 0. The van der Waals surface area contributed by atoms with Gasteiger partial charge in [-0.05, 0) is 53.6 Å². The summed E-state index contributed by atoms with van der Waals surface area (Å²) in [6, 6.07) is 6.66. The van der Waals surface area contributed by atoms with Gasteiger partial charge in [-0.1, -0.05) is 0 Å². The van der Waals surface area contributed by atoms with Crippen molar-refractivity contribution in [3.05, 3.63) is 21.8 Å². The third kappa shape index (κ3) is 2.55. The van der Waals surface area contributed by atoms with E-state index in [1.54, 1.807) is 0 Å². The van der Waals surface area contributed by atoms with Crippen LogP contribution in [0.15, 0.2) is 18.2 Å². The lowest BCUT2D eigenvalue weighted by Gasteiger charge is -2.25. The molecule has 0 bridgehead atoms. The smallest absolute Gasteiger partial charge is 0.0606 e. The molecule has 1 saturated carbocycles. The highest BCUT2D eigenvalue weighted by Crippen LogP contribution is 2.34. The summed E-state index contributed by atoms with van der Waals surface area (Å²) in [6.45, 7) is 0.859. The van der Waals surface area contributed by atoms with Gasteiger partial charge in [0.25, 0.3) is 0 Å². The van der Waals surface area contributed by atoms with Gasteiger partial charge in [0, 0.05) is 16.2 Å². The topological polar surface area (TPSA) is 49.5 Å². The van der Waals surface area contributed by atoms with Crippen LogP contribution < -0.4 is 10.6 Å². The van der Waals surface area contributed by atoms with Crippen molar-refractivity contribution in [2.24, 2.45) is 0 Å². The fourth-order valence-corrected chi connectivity index (χ4v) is 2.30. The number of aliphatic hydroxyl groups excluding tert-OH is 1. The lowest BCUT2D eigenvalue weighted by molar-refractivity contribution is 0.301. The molecule has 0 aromatic heterocycles. The molecule has 1 aromatic rings. The minimum atomic E-state index is 0.182. The summed E-state index contributed by atoms with van der Waals surface area (Å²) in [5.41, 5.74) is 7.86. The first-order valence-electron chi connectivity index (χ1n) is 5.15. The lowest BCUT2D eigenvalue weighted by Crippen LogP contribution is -2.29. The third-order valence-electron chi connectivity index (χ3n) is 2.63. The highest BCUT2D eigenvalue weighted by molar-refractivity contribution is 14.1. The molecule has 15 heavy (non-hydrogen) atoms. The van der Waals surface area contributed by atoms with E-state index in [-0.39, 0.29) is 6.61 Å². The number of nitrogens with two attached hydrogens (primary N) is 1. The molecule has 0 spiro atoms. The Balaban J connectivity index is 2.24. The summed E-state index contributed by atoms with van der Waals surface area (Å²) in [5, 5.41) is 9.04. The van der Waals surface area contributed by atoms with Gasteiger partial charge in [0.1, 0.15) is 0 Å². The molecule has 0 atom stereocenters. The first kappa shape index (κ1) is 11.0. The zero-order valence-electron chi connectivity index (χ0n) is 8.49. The number of benzene rings is 1. The van der Waals surface area contributed by atoms with E-state index >= 15 is 0 Å². The van der Waals surface area contributed by atoms with Crippen molar-refractivity contribution in [2.45, 2.75) is 18.9 Å². The Morgan fingerprint density at radius 1 is 1.47 bits per heavy atom. The Morgan fingerprint density at radius 3 is 2.73 bits per heavy atom. The molecule has 1 fully saturated rings. The van der Waals surface area contributed by atoms with Crippen LogP contribution in [0.2, 0.25) is 0 Å². The number of nitrogens with zero attached hydrogens (tertiary/aromatic N) is 1. The first-order valence-corrected chi connectivity index (χ1v) is 6.23. The van der Waals surface area contributed by atoms with E-state index in [1.807, 2.05) is 12.1 Å². The van der Waals surface area contributed by atoms with Gasteiger partial charge in [-0.3, -0.25) is 0 Å². The van der Waals surface area contributed by atoms with Crippen LogP contribution in [0.3, 0.4) is 0 Å². The van der Waals surface area contributed by atoms with Gasteiger partial charge >= 0.3 is 0 Å². The Bertz CT molecular complexity index is 352. The SMILES string of the molecule is Nc1cc(I)ccc1N(CCO)C1CC1. The van der Waals surface area contributed by atoms with Crippen molar-refractivity contribution in [1.29, 1.82) is 0 Å². The third-order valence-corrected chi connectivity index (χ3v) is 3.30. The van der Waals surface area contributed by atoms with Gasteiger partial charge in [-0.2, -0.15) is 0 Å². The number of halogens is 1. The fourth-order valence-electron chi connectivity index (χ4n) is 1.78. The largest absolute Gasteiger partial charge is 0.397 e. The van der Waals surface area contributed by atoms with Gasteiger partial charge in [0.05, 0.1) is 18.0 Å². The molecule has 3 N–H and O–H groups in total. The van der Waals surface area contributed by atoms with Crippen LogP contribution in [0.1, 0.15) is 12.8 Å². The summed E-state index contributed by atoms with van der Waals surface area (Å²) in [6.07, 6.45) is 2.43. The molecule has 82 valence electrons. The number of hydrogen-bond acceptors (Lipinski definition) is 3. The quantitative estimate of drug-likeness (QED) is 0.658. The maximum Gasteiger partial charge on any atom is 0.0606 e. The molecule has 0 heterocycles. The molecule has 0 amide bonds. The number of anilines is 2. The van der Waals surface area contributed by atoms with Crippen LogP contribution in [0.25, 0.3) is 0 Å². The zero-order chi connectivity index (χ0) is 10.8. The average Bonchev–Trinajstić information content (AvgIpc) is 2.98. The minimum absolute atomic E-state index is 0.182. The monoisotopic (exact) mass is 318 g/mol. The van der Waals surface area contributed by atoms with Crippen molar-refractivity contribution in [2.75, 3.05) is 23.8 Å². The highest BCUT2D eigenvalue weighted by atomic mass is 127. The van der Waals surface area contributed by atoms with E-state index in [9.17, 15) is 0 Å². The molecular weight excluding hydrogens is 303 g/mol. The van der Waals surface area contributed by atoms with Crippen LogP contribution in [0.5, 0.6) is 0 Å². The Hall–Kier alpha value is -0.490. The van der Waals surface area contributed by atoms with E-state index in [1.165, 1.54) is 12.8 Å². The van der Waals surface area contributed by atoms with Gasteiger partial charge in [0.2, 0.25) is 0 Å². The molecule has 0 radical (unpaired) electrons. The molecule has 1 aliphatic rings. The number of rotatable bonds is 4. The molecule has 0 unspecified atom stereocenters. The zero-order valence-corrected chi connectivity index (χ0v) is 10.6. The van der Waals surface area contributed by atoms with E-state index in [0.29, 0.717) is 12.6 Å². The fraction of sp³-hybridized carbons (Fsp3) is 0.455. The second-order valence-corrected chi connectivity index (χ2v) is 5.10. The van der Waals surface area contributed by atoms with Crippen molar-refractivity contribution in [1.82, 2.24) is 0 Å². The maximum absolute atomic E-state index is 9.04. The molecule has 0 saturated heterocycles. The Morgan fingerprint density at radius 2 is 2.20 bits per heavy atom. The highest BCUT2D eigenvalue weighted by Gasteiger charge is 2.29. The van der Waals surface area contributed by atoms with Gasteiger partial charge in [0.15, 0.2) is 0 Å². The molecule has 2 rings (SSSR count). The van der Waals surface area contributed by atoms with Crippen LogP contribution >= 0.6 is 22.6 Å². The van der Waals surface area contributed by atoms with Crippen molar-refractivity contribution in [3.8, 4) is 0 Å². The molecule has 1 aliphatic carbocycles. The second-order valence-electron chi connectivity index (χ2n) is 3.85. The van der Waals surface area contributed by atoms with Crippen molar-refractivity contribution >= 4 is 34.0 Å². The first-order chi connectivity index (χ1) is 7.22. The maximum atomic E-state index is 9.04. The Labute approximate surface area is 103 Å². The summed E-state index contributed by atoms with van der Waals surface area (Å²) >= 11 is 2.25. The normalized spacial score (nSPS) is 15.3. The van der Waals surface area contributed by atoms with Crippen LogP contribution in [0, 0.1) is 3.57 Å². The predicted octanol–water partition coefficient (Wildman–Crippen LogP) is 1.83. The average molecular weight is 318 g/mol. The van der Waals surface area contributed by atoms with E-state index < -0.39 is 0 Å². The number of hydrogen-bond donors (Lipinski definition) is 2. The summed E-state index contributed by atoms with van der Waals surface area (Å²) < 4.78 is 1.15. The summed E-state index contributed by atoms with van der Waals surface area (Å²) in [7, 11) is 0. The van der Waals surface area contributed by atoms with Gasteiger partial charge in [-0.25, -0.2) is 0 Å². The molecular formula is C11H15IN2O. The molecule has 3 nitrogen and oxygen atoms in total. The standard InChI is InChI=1S/C11H15IN2O/c12-8-1-4-11(10(13)7-8)14(5-6-15)9-2-3-9/h1,4,7,9,15H,2-3,5-6,13H2. The van der Waals surface area contributed by atoms with Crippen molar-refractivity contribution in [3.63, 3.8) is 0 Å². The van der Waals surface area contributed by atoms with Gasteiger partial charge < -0.3 is 15.7 Å². The molecule has 4 heteroatoms. The van der Waals surface area contributed by atoms with Crippen LogP contribution in [-0.2, 0) is 0 Å². The van der Waals surface area contributed by atoms with E-state index in [0.717, 1.165) is 14.9 Å². The second kappa shape index (κ2) is 4.57. The lowest BCUT2D eigenvalue weighted by atomic mass is 10.2. The number of aliphatic hydroxyl groups is 1. The van der Waals surface area contributed by atoms with Crippen LogP contribution in [0.4, 0.5) is 11.4 Å². The molecule has 0 aliphatic heterocycles. The minimum Gasteiger partial charge on any atom is -0.397 e. The Kier molecular flexibility index (Phi) is 3.35. The van der Waals surface area contributed by atoms with E-state index in [2.05, 4.69) is 33.6 Å². The van der Waals surface area contributed by atoms with Crippen LogP contribution in [-0.4, -0.2) is 24.3 Å². The molecule has 1 aromatic carbocycles. The van der Waals surface area contributed by atoms with Crippen molar-refractivity contribution < 1.29 is 5.11 Å².